The smallest absolute Gasteiger partial charge is 0.250 e. The number of nitrogens with zero attached hydrogens (tertiary/aromatic N) is 4. The fraction of sp³-hybridized carbons (Fsp3) is 0.214. The Bertz CT molecular complexity index is 1370. The van der Waals surface area contributed by atoms with Crippen LogP contribution in [0.3, 0.4) is 0 Å². The summed E-state index contributed by atoms with van der Waals surface area (Å²) in [6.45, 7) is 8.62. The third-order valence-corrected chi connectivity index (χ3v) is 6.68. The van der Waals surface area contributed by atoms with Crippen molar-refractivity contribution in [2.24, 2.45) is 5.10 Å². The van der Waals surface area contributed by atoms with Crippen molar-refractivity contribution < 1.29 is 4.79 Å². The number of nitrogens with one attached hydrogen (secondary N) is 1. The first-order valence-corrected chi connectivity index (χ1v) is 12.9. The molecule has 6 nitrogen and oxygen atoms in total. The number of carbonyl (C=O) groups is 1. The minimum atomic E-state index is -0.243. The Hall–Kier alpha value is -3.42. The number of hydrogen-bond acceptors (Lipinski definition) is 5. The number of hydrazone groups is 1. The molecule has 0 spiro atoms. The van der Waals surface area contributed by atoms with E-state index in [4.69, 9.17) is 11.6 Å². The summed E-state index contributed by atoms with van der Waals surface area (Å²) < 4.78 is 1.98. The van der Waals surface area contributed by atoms with Gasteiger partial charge in [-0.05, 0) is 47.7 Å². The van der Waals surface area contributed by atoms with Gasteiger partial charge in [0.25, 0.3) is 5.91 Å². The van der Waals surface area contributed by atoms with Crippen LogP contribution < -0.4 is 5.43 Å². The van der Waals surface area contributed by atoms with Gasteiger partial charge in [-0.25, -0.2) is 5.43 Å². The van der Waals surface area contributed by atoms with Crippen LogP contribution in [0.25, 0.3) is 17.1 Å². The molecule has 8 heteroatoms. The van der Waals surface area contributed by atoms with Crippen molar-refractivity contribution >= 4 is 35.5 Å². The Morgan fingerprint density at radius 1 is 1.06 bits per heavy atom. The monoisotopic (exact) mass is 517 g/mol. The Balaban J connectivity index is 1.54. The van der Waals surface area contributed by atoms with Crippen LogP contribution in [0, 0.1) is 6.92 Å². The van der Waals surface area contributed by atoms with E-state index in [1.807, 2.05) is 47.9 Å². The van der Waals surface area contributed by atoms with Crippen molar-refractivity contribution in [2.45, 2.75) is 38.3 Å². The third-order valence-electron chi connectivity index (χ3n) is 5.52. The number of benzene rings is 3. The molecule has 0 aliphatic heterocycles. The van der Waals surface area contributed by atoms with Crippen LogP contribution >= 0.6 is 23.4 Å². The van der Waals surface area contributed by atoms with Crippen LogP contribution in [0.4, 0.5) is 0 Å². The molecule has 184 valence electrons. The highest BCUT2D eigenvalue weighted by Gasteiger charge is 2.19. The SMILES string of the molecule is Cc1ccc(-n2c(SCC(=O)N/N=C\c3cccc(Cl)c3)nnc2-c2ccc(C(C)(C)C)cc2)cc1. The van der Waals surface area contributed by atoms with Gasteiger partial charge in [0.1, 0.15) is 0 Å². The molecule has 1 heterocycles. The van der Waals surface area contributed by atoms with E-state index in [0.717, 1.165) is 28.2 Å². The molecule has 0 aliphatic carbocycles. The van der Waals surface area contributed by atoms with Crippen LogP contribution in [0.15, 0.2) is 83.1 Å². The van der Waals surface area contributed by atoms with Gasteiger partial charge in [0, 0.05) is 16.3 Å². The van der Waals surface area contributed by atoms with E-state index in [1.165, 1.54) is 17.3 Å². The fourth-order valence-electron chi connectivity index (χ4n) is 3.52. The molecule has 1 amide bonds. The zero-order valence-electron chi connectivity index (χ0n) is 20.7. The summed E-state index contributed by atoms with van der Waals surface area (Å²) >= 11 is 7.29. The predicted octanol–water partition coefficient (Wildman–Crippen LogP) is 6.44. The number of carbonyl (C=O) groups excluding carboxylic acids is 1. The number of halogens is 1. The molecule has 0 aliphatic rings. The van der Waals surface area contributed by atoms with Gasteiger partial charge in [0.15, 0.2) is 11.0 Å². The number of aryl methyl sites for hydroxylation is 1. The maximum absolute atomic E-state index is 12.4. The quantitative estimate of drug-likeness (QED) is 0.174. The molecule has 0 atom stereocenters. The molecule has 0 fully saturated rings. The lowest BCUT2D eigenvalue weighted by Crippen LogP contribution is -2.20. The van der Waals surface area contributed by atoms with E-state index in [0.29, 0.717) is 10.2 Å². The minimum absolute atomic E-state index is 0.0623. The maximum atomic E-state index is 12.4. The van der Waals surface area contributed by atoms with Crippen LogP contribution in [0.1, 0.15) is 37.5 Å². The zero-order chi connectivity index (χ0) is 25.7. The summed E-state index contributed by atoms with van der Waals surface area (Å²) in [6, 6.07) is 23.8. The van der Waals surface area contributed by atoms with Gasteiger partial charge < -0.3 is 0 Å². The molecule has 1 N–H and O–H groups in total. The second kappa shape index (κ2) is 11.1. The Labute approximate surface area is 220 Å². The summed E-state index contributed by atoms with van der Waals surface area (Å²) in [6.07, 6.45) is 1.56. The van der Waals surface area contributed by atoms with Gasteiger partial charge in [-0.1, -0.05) is 98.2 Å². The van der Waals surface area contributed by atoms with Gasteiger partial charge in [-0.3, -0.25) is 9.36 Å². The fourth-order valence-corrected chi connectivity index (χ4v) is 4.47. The van der Waals surface area contributed by atoms with E-state index in [2.05, 4.69) is 65.8 Å². The van der Waals surface area contributed by atoms with Gasteiger partial charge in [-0.2, -0.15) is 5.10 Å². The second-order valence-electron chi connectivity index (χ2n) is 9.44. The zero-order valence-corrected chi connectivity index (χ0v) is 22.3. The average molecular weight is 518 g/mol. The van der Waals surface area contributed by atoms with E-state index in [9.17, 15) is 4.79 Å². The highest BCUT2D eigenvalue weighted by atomic mass is 35.5. The molecule has 0 radical (unpaired) electrons. The van der Waals surface area contributed by atoms with Crippen molar-refractivity contribution in [1.29, 1.82) is 0 Å². The van der Waals surface area contributed by atoms with Crippen LogP contribution in [-0.4, -0.2) is 32.6 Å². The van der Waals surface area contributed by atoms with E-state index in [-0.39, 0.29) is 17.1 Å². The first-order valence-electron chi connectivity index (χ1n) is 11.5. The lowest BCUT2D eigenvalue weighted by Gasteiger charge is -2.19. The molecule has 36 heavy (non-hydrogen) atoms. The van der Waals surface area contributed by atoms with Crippen molar-refractivity contribution in [1.82, 2.24) is 20.2 Å². The molecule has 0 bridgehead atoms. The first-order chi connectivity index (χ1) is 17.2. The standard InChI is InChI=1S/C28H28ClN5OS/c1-19-8-14-24(15-9-19)34-26(21-10-12-22(13-11-21)28(2,3)4)32-33-27(34)36-18-25(35)31-30-17-20-6-5-7-23(29)16-20/h5-17H,18H2,1-4H3,(H,31,35)/b30-17-. The Morgan fingerprint density at radius 3 is 2.44 bits per heavy atom. The molecular formula is C28H28ClN5OS. The highest BCUT2D eigenvalue weighted by Crippen LogP contribution is 2.30. The van der Waals surface area contributed by atoms with Crippen molar-refractivity contribution in [3.8, 4) is 17.1 Å². The summed E-state index contributed by atoms with van der Waals surface area (Å²) in [5.41, 5.74) is 7.72. The third kappa shape index (κ3) is 6.42. The van der Waals surface area contributed by atoms with E-state index < -0.39 is 0 Å². The predicted molar refractivity (Wildman–Crippen MR) is 148 cm³/mol. The largest absolute Gasteiger partial charge is 0.272 e. The summed E-state index contributed by atoms with van der Waals surface area (Å²) in [7, 11) is 0. The second-order valence-corrected chi connectivity index (χ2v) is 10.8. The molecule has 0 unspecified atom stereocenters. The molecule has 4 rings (SSSR count). The van der Waals surface area contributed by atoms with Crippen molar-refractivity contribution in [3.63, 3.8) is 0 Å². The van der Waals surface area contributed by atoms with Crippen molar-refractivity contribution in [3.05, 3.63) is 94.5 Å². The lowest BCUT2D eigenvalue weighted by atomic mass is 9.87. The number of amides is 1. The van der Waals surface area contributed by atoms with Gasteiger partial charge in [0.2, 0.25) is 0 Å². The van der Waals surface area contributed by atoms with E-state index >= 15 is 0 Å². The summed E-state index contributed by atoms with van der Waals surface area (Å²) in [5, 5.41) is 14.2. The number of hydrogen-bond donors (Lipinski definition) is 1. The van der Waals surface area contributed by atoms with Crippen LogP contribution in [-0.2, 0) is 10.2 Å². The van der Waals surface area contributed by atoms with Gasteiger partial charge in [0.05, 0.1) is 12.0 Å². The minimum Gasteiger partial charge on any atom is -0.272 e. The lowest BCUT2D eigenvalue weighted by molar-refractivity contribution is -0.118. The Kier molecular flexibility index (Phi) is 7.91. The molecule has 4 aromatic rings. The van der Waals surface area contributed by atoms with E-state index in [1.54, 1.807) is 18.3 Å². The van der Waals surface area contributed by atoms with Gasteiger partial charge in [-0.15, -0.1) is 10.2 Å². The topological polar surface area (TPSA) is 72.2 Å². The number of rotatable bonds is 7. The Morgan fingerprint density at radius 2 is 1.78 bits per heavy atom. The number of thioether (sulfide) groups is 1. The maximum Gasteiger partial charge on any atom is 0.250 e. The summed E-state index contributed by atoms with van der Waals surface area (Å²) in [5.74, 6) is 0.619. The van der Waals surface area contributed by atoms with Crippen LogP contribution in [0.2, 0.25) is 5.02 Å². The number of aromatic nitrogens is 3. The molecule has 0 saturated heterocycles. The van der Waals surface area contributed by atoms with Crippen molar-refractivity contribution in [2.75, 3.05) is 5.75 Å². The first kappa shape index (κ1) is 25.7. The molecular weight excluding hydrogens is 490 g/mol. The summed E-state index contributed by atoms with van der Waals surface area (Å²) in [4.78, 5) is 12.4. The highest BCUT2D eigenvalue weighted by molar-refractivity contribution is 7.99. The average Bonchev–Trinajstić information content (AvgIpc) is 3.27. The normalized spacial score (nSPS) is 11.7. The molecule has 0 saturated carbocycles. The molecule has 1 aromatic heterocycles. The van der Waals surface area contributed by atoms with Crippen LogP contribution in [0.5, 0.6) is 0 Å². The molecule has 3 aromatic carbocycles. The van der Waals surface area contributed by atoms with Gasteiger partial charge >= 0.3 is 0 Å².